The van der Waals surface area contributed by atoms with Crippen molar-refractivity contribution < 1.29 is 14.0 Å². The van der Waals surface area contributed by atoms with E-state index in [1.165, 1.54) is 0 Å². The highest BCUT2D eigenvalue weighted by atomic mass is 35.5. The molecule has 36 heavy (non-hydrogen) atoms. The average molecular weight is 498 g/mol. The first kappa shape index (κ1) is 23.8. The Labute approximate surface area is 213 Å². The second-order valence-corrected chi connectivity index (χ2v) is 9.72. The summed E-state index contributed by atoms with van der Waals surface area (Å²) in [6.45, 7) is 1.99. The lowest BCUT2D eigenvalue weighted by Gasteiger charge is -2.34. The van der Waals surface area contributed by atoms with Crippen molar-refractivity contribution in [2.45, 2.75) is 32.6 Å². The van der Waals surface area contributed by atoms with Gasteiger partial charge in [-0.3, -0.25) is 9.59 Å². The third-order valence-corrected chi connectivity index (χ3v) is 7.23. The summed E-state index contributed by atoms with van der Waals surface area (Å²) in [7, 11) is 1.57. The maximum absolute atomic E-state index is 13.0. The minimum absolute atomic E-state index is 0.0701. The molecule has 2 aromatic heterocycles. The lowest BCUT2D eigenvalue weighted by atomic mass is 9.66. The van der Waals surface area contributed by atoms with E-state index < -0.39 is 5.41 Å². The molecule has 1 fully saturated rings. The number of hydrogen-bond acceptors (Lipinski definition) is 5. The van der Waals surface area contributed by atoms with Crippen molar-refractivity contribution in [3.05, 3.63) is 76.4 Å². The van der Waals surface area contributed by atoms with Gasteiger partial charge in [0, 0.05) is 30.2 Å². The molecular weight excluding hydrogens is 474 g/mol. The first-order valence-corrected chi connectivity index (χ1v) is 12.2. The Hall–Kier alpha value is -3.95. The number of benzene rings is 2. The van der Waals surface area contributed by atoms with Crippen LogP contribution in [-0.4, -0.2) is 23.7 Å². The van der Waals surface area contributed by atoms with Crippen molar-refractivity contribution in [1.82, 2.24) is 10.3 Å². The van der Waals surface area contributed by atoms with E-state index in [4.69, 9.17) is 16.0 Å². The van der Waals surface area contributed by atoms with Gasteiger partial charge in [-0.15, -0.1) is 0 Å². The average Bonchev–Trinajstić information content (AvgIpc) is 3.23. The van der Waals surface area contributed by atoms with Crippen LogP contribution in [0, 0.1) is 23.7 Å². The zero-order valence-electron chi connectivity index (χ0n) is 20.0. The fourth-order valence-electron chi connectivity index (χ4n) is 4.66. The third kappa shape index (κ3) is 4.16. The summed E-state index contributed by atoms with van der Waals surface area (Å²) in [5.74, 6) is 0.0428. The number of furan rings is 1. The van der Waals surface area contributed by atoms with Crippen LogP contribution in [0.3, 0.4) is 0 Å². The number of Topliss-reactive ketones (excluding diaryl/α,β-unsaturated/α-hetero) is 1. The number of amides is 1. The molecule has 1 amide bonds. The van der Waals surface area contributed by atoms with Gasteiger partial charge in [0.05, 0.1) is 22.4 Å². The zero-order chi connectivity index (χ0) is 25.4. The number of aromatic nitrogens is 1. The molecule has 2 heterocycles. The van der Waals surface area contributed by atoms with Crippen LogP contribution < -0.4 is 5.32 Å². The van der Waals surface area contributed by atoms with E-state index in [1.54, 1.807) is 31.3 Å². The van der Waals surface area contributed by atoms with Gasteiger partial charge >= 0.3 is 0 Å². The summed E-state index contributed by atoms with van der Waals surface area (Å²) in [4.78, 5) is 30.4. The molecule has 1 aliphatic carbocycles. The van der Waals surface area contributed by atoms with Crippen molar-refractivity contribution in [2.24, 2.45) is 5.41 Å². The minimum Gasteiger partial charge on any atom is -0.437 e. The molecule has 1 aliphatic rings. The Balaban J connectivity index is 1.59. The van der Waals surface area contributed by atoms with Crippen molar-refractivity contribution >= 4 is 34.4 Å². The number of carbonyl (C=O) groups excluding carboxylic acids is 2. The van der Waals surface area contributed by atoms with Crippen LogP contribution in [0.1, 0.15) is 52.0 Å². The van der Waals surface area contributed by atoms with Crippen LogP contribution in [0.5, 0.6) is 0 Å². The summed E-state index contributed by atoms with van der Waals surface area (Å²) in [5, 5.41) is 12.9. The number of nitrogens with one attached hydrogen (secondary N) is 1. The molecule has 0 aliphatic heterocycles. The number of hydrogen-bond donors (Lipinski definition) is 1. The standard InChI is InChI=1S/C29H24ClN3O3/c1-17-7-9-18(10-8-17)25-24(27(35)32-2)22-14-21(26(30)33-28(22)36-25)19-5-3-6-20(13-19)23(34)15-29(16-31)11-4-12-29/h3,5-10,13-14H,4,11-12,15H2,1-2H3,(H,32,35). The molecule has 0 spiro atoms. The molecule has 0 unspecified atom stereocenters. The number of aryl methyl sites for hydroxylation is 1. The predicted molar refractivity (Wildman–Crippen MR) is 139 cm³/mol. The fraction of sp³-hybridized carbons (Fsp3) is 0.241. The first-order valence-electron chi connectivity index (χ1n) is 11.8. The van der Waals surface area contributed by atoms with Crippen molar-refractivity contribution in [1.29, 1.82) is 5.26 Å². The van der Waals surface area contributed by atoms with Gasteiger partial charge in [0.2, 0.25) is 5.71 Å². The van der Waals surface area contributed by atoms with E-state index in [9.17, 15) is 14.9 Å². The van der Waals surface area contributed by atoms with Crippen LogP contribution in [0.4, 0.5) is 0 Å². The van der Waals surface area contributed by atoms with Crippen LogP contribution >= 0.6 is 11.6 Å². The van der Waals surface area contributed by atoms with Gasteiger partial charge in [-0.25, -0.2) is 4.98 Å². The number of nitriles is 1. The van der Waals surface area contributed by atoms with Crippen molar-refractivity contribution in [3.8, 4) is 28.5 Å². The molecule has 0 saturated heterocycles. The Kier molecular flexibility index (Phi) is 6.11. The van der Waals surface area contributed by atoms with Crippen LogP contribution in [0.2, 0.25) is 5.15 Å². The van der Waals surface area contributed by atoms with Gasteiger partial charge in [0.1, 0.15) is 10.9 Å². The van der Waals surface area contributed by atoms with Gasteiger partial charge in [-0.05, 0) is 37.5 Å². The third-order valence-electron chi connectivity index (χ3n) is 6.95. The number of halogens is 1. The monoisotopic (exact) mass is 497 g/mol. The van der Waals surface area contributed by atoms with Crippen LogP contribution in [0.25, 0.3) is 33.6 Å². The smallest absolute Gasteiger partial charge is 0.255 e. The lowest BCUT2D eigenvalue weighted by Crippen LogP contribution is -2.30. The molecule has 1 saturated carbocycles. The summed E-state index contributed by atoms with van der Waals surface area (Å²) >= 11 is 6.57. The molecular formula is C29H24ClN3O3. The molecule has 0 atom stereocenters. The molecule has 7 heteroatoms. The Morgan fingerprint density at radius 1 is 1.14 bits per heavy atom. The van der Waals surface area contributed by atoms with Gasteiger partial charge in [-0.1, -0.05) is 66.0 Å². The molecule has 0 bridgehead atoms. The summed E-state index contributed by atoms with van der Waals surface area (Å²) in [5.41, 5.74) is 3.72. The first-order chi connectivity index (χ1) is 17.3. The number of rotatable bonds is 6. The molecule has 0 radical (unpaired) electrons. The van der Waals surface area contributed by atoms with E-state index in [1.807, 2.05) is 37.3 Å². The Bertz CT molecular complexity index is 1540. The van der Waals surface area contributed by atoms with E-state index >= 15 is 0 Å². The second-order valence-electron chi connectivity index (χ2n) is 9.36. The van der Waals surface area contributed by atoms with Crippen molar-refractivity contribution in [3.63, 3.8) is 0 Å². The van der Waals surface area contributed by atoms with E-state index in [2.05, 4.69) is 16.4 Å². The fourth-order valence-corrected chi connectivity index (χ4v) is 4.90. The molecule has 4 aromatic rings. The number of pyridine rings is 1. The number of nitrogens with zero attached hydrogens (tertiary/aromatic N) is 2. The Morgan fingerprint density at radius 3 is 2.53 bits per heavy atom. The maximum Gasteiger partial charge on any atom is 0.255 e. The van der Waals surface area contributed by atoms with Gasteiger partial charge in [0.15, 0.2) is 5.78 Å². The quantitative estimate of drug-likeness (QED) is 0.235. The second kappa shape index (κ2) is 9.25. The Morgan fingerprint density at radius 2 is 1.89 bits per heavy atom. The highest BCUT2D eigenvalue weighted by Gasteiger charge is 2.39. The highest BCUT2D eigenvalue weighted by molar-refractivity contribution is 6.32. The lowest BCUT2D eigenvalue weighted by molar-refractivity contribution is 0.0880. The maximum atomic E-state index is 13.0. The largest absolute Gasteiger partial charge is 0.437 e. The van der Waals surface area contributed by atoms with E-state index in [0.29, 0.717) is 33.4 Å². The SMILES string of the molecule is CNC(=O)c1c(-c2ccc(C)cc2)oc2nc(Cl)c(-c3cccc(C(=O)CC4(C#N)CCC4)c3)cc12. The topological polar surface area (TPSA) is 96.0 Å². The van der Waals surface area contributed by atoms with Crippen LogP contribution in [0.15, 0.2) is 59.0 Å². The van der Waals surface area contributed by atoms with Crippen molar-refractivity contribution in [2.75, 3.05) is 7.05 Å². The van der Waals surface area contributed by atoms with Gasteiger partial charge < -0.3 is 9.73 Å². The number of carbonyl (C=O) groups is 2. The predicted octanol–water partition coefficient (Wildman–Crippen LogP) is 6.75. The van der Waals surface area contributed by atoms with Crippen LogP contribution in [-0.2, 0) is 0 Å². The zero-order valence-corrected chi connectivity index (χ0v) is 20.8. The van der Waals surface area contributed by atoms with E-state index in [0.717, 1.165) is 30.4 Å². The summed E-state index contributed by atoms with van der Waals surface area (Å²) < 4.78 is 6.03. The summed E-state index contributed by atoms with van der Waals surface area (Å²) in [6, 6.07) is 18.9. The highest BCUT2D eigenvalue weighted by Crippen LogP contribution is 2.44. The molecule has 1 N–H and O–H groups in total. The molecule has 2 aromatic carbocycles. The van der Waals surface area contributed by atoms with Gasteiger partial charge in [0.25, 0.3) is 5.91 Å². The van der Waals surface area contributed by atoms with E-state index in [-0.39, 0.29) is 29.0 Å². The minimum atomic E-state index is -0.545. The molecule has 5 rings (SSSR count). The summed E-state index contributed by atoms with van der Waals surface area (Å²) in [6.07, 6.45) is 2.70. The molecule has 180 valence electrons. The number of ketones is 1. The molecule has 6 nitrogen and oxygen atoms in total. The van der Waals surface area contributed by atoms with Gasteiger partial charge in [-0.2, -0.15) is 5.26 Å². The number of fused-ring (bicyclic) bond motifs is 1. The normalized spacial score (nSPS) is 14.2.